The number of fused-ring (bicyclic) bond motifs is 1. The highest BCUT2D eigenvalue weighted by Crippen LogP contribution is 2.27. The van der Waals surface area contributed by atoms with Gasteiger partial charge in [0.2, 0.25) is 5.88 Å². The van der Waals surface area contributed by atoms with E-state index in [1.165, 1.54) is 10.8 Å². The number of ether oxygens (including phenoxy) is 1. The van der Waals surface area contributed by atoms with Gasteiger partial charge in [-0.3, -0.25) is 9.79 Å². The monoisotopic (exact) mass is 412 g/mol. The zero-order chi connectivity index (χ0) is 20.6. The number of benzene rings is 2. The Bertz CT molecular complexity index is 1260. The van der Waals surface area contributed by atoms with Crippen LogP contribution < -0.4 is 10.3 Å². The van der Waals surface area contributed by atoms with Crippen molar-refractivity contribution in [2.24, 2.45) is 4.99 Å². The van der Waals surface area contributed by atoms with Gasteiger partial charge in [-0.05, 0) is 36.8 Å². The van der Waals surface area contributed by atoms with Crippen LogP contribution in [0.5, 0.6) is 11.6 Å². The third-order valence-electron chi connectivity index (χ3n) is 5.06. The van der Waals surface area contributed by atoms with E-state index >= 15 is 0 Å². The first-order valence-electron chi connectivity index (χ1n) is 9.14. The molecule has 2 aromatic carbocycles. The van der Waals surface area contributed by atoms with E-state index in [0.29, 0.717) is 34.2 Å². The summed E-state index contributed by atoms with van der Waals surface area (Å²) < 4.78 is 29.7. The van der Waals surface area contributed by atoms with E-state index in [-0.39, 0.29) is 29.0 Å². The average Bonchev–Trinajstić information content (AvgIpc) is 3.07. The van der Waals surface area contributed by atoms with Crippen LogP contribution in [-0.2, 0) is 9.84 Å². The van der Waals surface area contributed by atoms with Crippen molar-refractivity contribution in [3.8, 4) is 17.3 Å². The lowest BCUT2D eigenvalue weighted by Crippen LogP contribution is -2.20. The van der Waals surface area contributed by atoms with Gasteiger partial charge in [-0.2, -0.15) is 0 Å². The summed E-state index contributed by atoms with van der Waals surface area (Å²) in [7, 11) is -1.51. The van der Waals surface area contributed by atoms with Crippen molar-refractivity contribution < 1.29 is 18.3 Å². The van der Waals surface area contributed by atoms with Crippen molar-refractivity contribution in [2.75, 3.05) is 18.6 Å². The van der Waals surface area contributed by atoms with Gasteiger partial charge in [-0.25, -0.2) is 13.0 Å². The summed E-state index contributed by atoms with van der Waals surface area (Å²) in [6.07, 6.45) is 1.93. The molecule has 1 atom stereocenters. The molecule has 4 rings (SSSR count). The third kappa shape index (κ3) is 3.63. The summed E-state index contributed by atoms with van der Waals surface area (Å²) in [5.41, 5.74) is 0.501. The third-order valence-corrected chi connectivity index (χ3v) is 6.81. The van der Waals surface area contributed by atoms with Crippen molar-refractivity contribution >= 4 is 26.8 Å². The first-order chi connectivity index (χ1) is 13.9. The van der Waals surface area contributed by atoms with Gasteiger partial charge in [0.1, 0.15) is 5.75 Å². The maximum atomic E-state index is 13.0. The SMILES string of the molecule is COc1ccc(-n2c(O)c(C=N[C@H]3CCS(=O)(=O)C3)c3ccccc3c2=O)cc1. The van der Waals surface area contributed by atoms with E-state index in [2.05, 4.69) is 4.99 Å². The van der Waals surface area contributed by atoms with Crippen molar-refractivity contribution in [1.29, 1.82) is 0 Å². The number of rotatable bonds is 4. The van der Waals surface area contributed by atoms with Gasteiger partial charge >= 0.3 is 0 Å². The van der Waals surface area contributed by atoms with Gasteiger partial charge in [-0.1, -0.05) is 18.2 Å². The summed E-state index contributed by atoms with van der Waals surface area (Å²) >= 11 is 0. The lowest BCUT2D eigenvalue weighted by Gasteiger charge is -2.14. The summed E-state index contributed by atoms with van der Waals surface area (Å²) in [4.78, 5) is 17.4. The fourth-order valence-corrected chi connectivity index (χ4v) is 5.17. The number of methoxy groups -OCH3 is 1. The number of hydrogen-bond acceptors (Lipinski definition) is 6. The number of pyridine rings is 1. The average molecular weight is 412 g/mol. The predicted molar refractivity (Wildman–Crippen MR) is 112 cm³/mol. The molecule has 150 valence electrons. The Balaban J connectivity index is 1.88. The molecule has 1 fully saturated rings. The van der Waals surface area contributed by atoms with E-state index in [9.17, 15) is 18.3 Å². The Labute approximate surface area is 167 Å². The van der Waals surface area contributed by atoms with E-state index in [1.54, 1.807) is 55.6 Å². The second kappa shape index (κ2) is 7.36. The Morgan fingerprint density at radius 2 is 1.83 bits per heavy atom. The van der Waals surface area contributed by atoms with Crippen LogP contribution in [0.2, 0.25) is 0 Å². The van der Waals surface area contributed by atoms with Gasteiger partial charge in [0.05, 0.1) is 35.9 Å². The molecule has 0 bridgehead atoms. The van der Waals surface area contributed by atoms with Crippen molar-refractivity contribution in [3.05, 3.63) is 64.4 Å². The summed E-state index contributed by atoms with van der Waals surface area (Å²) in [6, 6.07) is 13.4. The number of aliphatic imine (C=N–C) groups is 1. The first-order valence-corrected chi connectivity index (χ1v) is 11.0. The summed E-state index contributed by atoms with van der Waals surface area (Å²) in [6.45, 7) is 0. The molecule has 8 heteroatoms. The van der Waals surface area contributed by atoms with Crippen molar-refractivity contribution in [1.82, 2.24) is 4.57 Å². The van der Waals surface area contributed by atoms with Gasteiger partial charge in [0.25, 0.3) is 5.56 Å². The molecule has 1 aliphatic heterocycles. The quantitative estimate of drug-likeness (QED) is 0.663. The molecule has 0 radical (unpaired) electrons. The molecule has 0 unspecified atom stereocenters. The van der Waals surface area contributed by atoms with E-state index in [4.69, 9.17) is 4.74 Å². The van der Waals surface area contributed by atoms with Crippen LogP contribution in [0.25, 0.3) is 16.5 Å². The number of hydrogen-bond donors (Lipinski definition) is 1. The van der Waals surface area contributed by atoms with Crippen LogP contribution in [0.1, 0.15) is 12.0 Å². The molecule has 1 saturated heterocycles. The molecule has 0 aliphatic carbocycles. The van der Waals surface area contributed by atoms with E-state index in [1.807, 2.05) is 0 Å². The number of aromatic hydroxyl groups is 1. The molecule has 0 spiro atoms. The van der Waals surface area contributed by atoms with E-state index < -0.39 is 9.84 Å². The minimum absolute atomic E-state index is 0.000311. The maximum absolute atomic E-state index is 13.0. The molecule has 29 heavy (non-hydrogen) atoms. The lowest BCUT2D eigenvalue weighted by atomic mass is 10.1. The molecule has 1 N–H and O–H groups in total. The van der Waals surface area contributed by atoms with Gasteiger partial charge in [-0.15, -0.1) is 0 Å². The topological polar surface area (TPSA) is 98.0 Å². The largest absolute Gasteiger partial charge is 0.497 e. The fourth-order valence-electron chi connectivity index (χ4n) is 3.53. The van der Waals surface area contributed by atoms with Crippen LogP contribution >= 0.6 is 0 Å². The molecule has 7 nitrogen and oxygen atoms in total. The second-order valence-corrected chi connectivity index (χ2v) is 9.19. The van der Waals surface area contributed by atoms with Crippen LogP contribution in [0.4, 0.5) is 0 Å². The molecule has 0 amide bonds. The normalized spacial score (nSPS) is 18.4. The van der Waals surface area contributed by atoms with Crippen LogP contribution in [0.15, 0.2) is 58.3 Å². The zero-order valence-electron chi connectivity index (χ0n) is 15.8. The minimum Gasteiger partial charge on any atom is -0.497 e. The number of sulfone groups is 1. The zero-order valence-corrected chi connectivity index (χ0v) is 16.6. The Hall–Kier alpha value is -3.13. The Kier molecular flexibility index (Phi) is 4.87. The summed E-state index contributed by atoms with van der Waals surface area (Å²) in [5.74, 6) is 0.503. The van der Waals surface area contributed by atoms with Crippen molar-refractivity contribution in [3.63, 3.8) is 0 Å². The summed E-state index contributed by atoms with van der Waals surface area (Å²) in [5, 5.41) is 11.9. The minimum atomic E-state index is -3.06. The number of nitrogens with zero attached hydrogens (tertiary/aromatic N) is 2. The lowest BCUT2D eigenvalue weighted by molar-refractivity contribution is 0.414. The molecule has 1 aliphatic rings. The molecule has 1 aromatic heterocycles. The highest BCUT2D eigenvalue weighted by atomic mass is 32.2. The van der Waals surface area contributed by atoms with Crippen LogP contribution in [-0.4, -0.2) is 49.0 Å². The van der Waals surface area contributed by atoms with Gasteiger partial charge in [0.15, 0.2) is 9.84 Å². The molecule has 0 saturated carbocycles. The van der Waals surface area contributed by atoms with Gasteiger partial charge in [0, 0.05) is 17.0 Å². The Morgan fingerprint density at radius 1 is 1.14 bits per heavy atom. The van der Waals surface area contributed by atoms with Gasteiger partial charge < -0.3 is 9.84 Å². The number of aromatic nitrogens is 1. The predicted octanol–water partition coefficient (Wildman–Crippen LogP) is 2.31. The smallest absolute Gasteiger partial charge is 0.265 e. The molecular formula is C21H20N2O5S. The van der Waals surface area contributed by atoms with Crippen molar-refractivity contribution in [2.45, 2.75) is 12.5 Å². The maximum Gasteiger partial charge on any atom is 0.265 e. The second-order valence-electron chi connectivity index (χ2n) is 6.96. The fraction of sp³-hybridized carbons (Fsp3) is 0.238. The highest BCUT2D eigenvalue weighted by molar-refractivity contribution is 7.91. The molecular weight excluding hydrogens is 392 g/mol. The first kappa shape index (κ1) is 19.2. The standard InChI is InChI=1S/C21H20N2O5S/c1-28-16-8-6-15(7-9-16)23-20(24)18-5-3-2-4-17(18)19(21(23)25)12-22-14-10-11-29(26,27)13-14/h2-9,12,14,25H,10-11,13H2,1H3/t14-/m0/s1. The van der Waals surface area contributed by atoms with Crippen LogP contribution in [0, 0.1) is 0 Å². The molecule has 3 aromatic rings. The van der Waals surface area contributed by atoms with Crippen LogP contribution in [0.3, 0.4) is 0 Å². The van der Waals surface area contributed by atoms with E-state index in [0.717, 1.165) is 0 Å². The Morgan fingerprint density at radius 3 is 2.45 bits per heavy atom. The highest BCUT2D eigenvalue weighted by Gasteiger charge is 2.27. The molecule has 2 heterocycles.